The van der Waals surface area contributed by atoms with E-state index < -0.39 is 23.2 Å². The number of rotatable bonds is 5. The number of nitrogens with zero attached hydrogens (tertiary/aromatic N) is 5. The molecule has 0 radical (unpaired) electrons. The summed E-state index contributed by atoms with van der Waals surface area (Å²) in [5.41, 5.74) is 6.20. The quantitative estimate of drug-likeness (QED) is 0.404. The molecule has 2 aromatic carbocycles. The van der Waals surface area contributed by atoms with Gasteiger partial charge in [0.05, 0.1) is 22.6 Å². The van der Waals surface area contributed by atoms with Gasteiger partial charge in [-0.25, -0.2) is 13.8 Å². The van der Waals surface area contributed by atoms with E-state index in [9.17, 15) is 18.8 Å². The van der Waals surface area contributed by atoms with Crippen LogP contribution in [0.25, 0.3) is 16.6 Å². The second-order valence-corrected chi connectivity index (χ2v) is 7.88. The summed E-state index contributed by atoms with van der Waals surface area (Å²) in [5.74, 6) is -1.65. The van der Waals surface area contributed by atoms with Crippen LogP contribution in [0.15, 0.2) is 41.2 Å². The van der Waals surface area contributed by atoms with Gasteiger partial charge in [-0.3, -0.25) is 9.36 Å². The third-order valence-corrected chi connectivity index (χ3v) is 5.54. The first kappa shape index (κ1) is 23.1. The summed E-state index contributed by atoms with van der Waals surface area (Å²) in [6.07, 6.45) is 0.355. The molecule has 8 nitrogen and oxygen atoms in total. The largest absolute Gasteiger partial charge is 0.368 e. The average molecular weight is 482 g/mol. The molecule has 4 rings (SSSR count). The molecule has 0 spiro atoms. The highest BCUT2D eigenvalue weighted by Gasteiger charge is 2.24. The molecule has 0 aliphatic carbocycles. The van der Waals surface area contributed by atoms with Crippen LogP contribution in [0.2, 0.25) is 5.15 Å². The zero-order valence-corrected chi connectivity index (χ0v) is 18.9. The highest BCUT2D eigenvalue weighted by Crippen LogP contribution is 2.28. The van der Waals surface area contributed by atoms with E-state index in [1.165, 1.54) is 0 Å². The number of aromatic nitrogens is 4. The summed E-state index contributed by atoms with van der Waals surface area (Å²) < 4.78 is 29.4. The summed E-state index contributed by atoms with van der Waals surface area (Å²) in [6.45, 7) is 3.56. The first-order chi connectivity index (χ1) is 16.2. The van der Waals surface area contributed by atoms with Gasteiger partial charge in [0.2, 0.25) is 5.95 Å². The van der Waals surface area contributed by atoms with Crippen molar-refractivity contribution < 1.29 is 8.78 Å². The molecule has 2 heterocycles. The number of nitrogens with two attached hydrogens (primary N) is 1. The summed E-state index contributed by atoms with van der Waals surface area (Å²) in [6, 6.07) is 9.20. The fourth-order valence-corrected chi connectivity index (χ4v) is 3.95. The van der Waals surface area contributed by atoms with Gasteiger partial charge in [0.1, 0.15) is 29.1 Å². The van der Waals surface area contributed by atoms with Crippen molar-refractivity contribution in [1.82, 2.24) is 19.5 Å². The van der Waals surface area contributed by atoms with Crippen molar-refractivity contribution in [3.8, 4) is 11.8 Å². The smallest absolute Gasteiger partial charge is 0.266 e. The first-order valence-corrected chi connectivity index (χ1v) is 10.6. The number of fused-ring (bicyclic) bond motifs is 1. The van der Waals surface area contributed by atoms with Crippen molar-refractivity contribution in [2.75, 3.05) is 11.1 Å². The summed E-state index contributed by atoms with van der Waals surface area (Å²) in [7, 11) is 0. The molecule has 34 heavy (non-hydrogen) atoms. The predicted octanol–water partition coefficient (Wildman–Crippen LogP) is 4.43. The Labute approximate surface area is 197 Å². The Kier molecular flexibility index (Phi) is 6.13. The molecule has 1 atom stereocenters. The highest BCUT2D eigenvalue weighted by molar-refractivity contribution is 6.31. The van der Waals surface area contributed by atoms with Crippen molar-refractivity contribution in [1.29, 1.82) is 5.26 Å². The van der Waals surface area contributed by atoms with Gasteiger partial charge in [0, 0.05) is 6.07 Å². The Bertz CT molecular complexity index is 1510. The highest BCUT2D eigenvalue weighted by atomic mass is 35.5. The van der Waals surface area contributed by atoms with Crippen molar-refractivity contribution >= 4 is 34.3 Å². The number of nitrogen functional groups attached to an aromatic ring is 1. The lowest BCUT2D eigenvalue weighted by Gasteiger charge is -2.23. The van der Waals surface area contributed by atoms with Crippen LogP contribution in [0.3, 0.4) is 0 Å². The SMILES string of the molecule is CC[C@H](Nc1nc(N)nc(Cl)c1C#N)c1nc2cccc(C)c2c(=O)n1-c1cc(F)cc(F)c1. The van der Waals surface area contributed by atoms with E-state index in [2.05, 4.69) is 20.3 Å². The van der Waals surface area contributed by atoms with Gasteiger partial charge >= 0.3 is 0 Å². The topological polar surface area (TPSA) is 123 Å². The third kappa shape index (κ3) is 4.13. The van der Waals surface area contributed by atoms with Crippen LogP contribution in [0, 0.1) is 29.9 Å². The van der Waals surface area contributed by atoms with Gasteiger partial charge in [-0.15, -0.1) is 0 Å². The van der Waals surface area contributed by atoms with E-state index in [0.717, 1.165) is 16.7 Å². The molecule has 0 aliphatic rings. The second kappa shape index (κ2) is 9.03. The number of aryl methyl sites for hydroxylation is 1. The molecule has 0 aliphatic heterocycles. The van der Waals surface area contributed by atoms with Crippen molar-refractivity contribution in [2.24, 2.45) is 0 Å². The maximum atomic E-state index is 14.1. The molecule has 0 fully saturated rings. The molecule has 0 amide bonds. The van der Waals surface area contributed by atoms with Crippen LogP contribution >= 0.6 is 11.6 Å². The van der Waals surface area contributed by atoms with Gasteiger partial charge in [-0.1, -0.05) is 30.7 Å². The van der Waals surface area contributed by atoms with Crippen molar-refractivity contribution in [2.45, 2.75) is 26.3 Å². The van der Waals surface area contributed by atoms with Gasteiger partial charge in [-0.2, -0.15) is 15.2 Å². The van der Waals surface area contributed by atoms with Crippen molar-refractivity contribution in [3.05, 3.63) is 80.5 Å². The molecule has 4 aromatic rings. The van der Waals surface area contributed by atoms with E-state index >= 15 is 0 Å². The number of nitriles is 1. The molecular weight excluding hydrogens is 464 g/mol. The molecule has 0 saturated carbocycles. The molecule has 11 heteroatoms. The van der Waals surface area contributed by atoms with E-state index in [0.29, 0.717) is 29.0 Å². The maximum Gasteiger partial charge on any atom is 0.266 e. The Morgan fingerprint density at radius 3 is 2.56 bits per heavy atom. The van der Waals surface area contributed by atoms with Crippen LogP contribution in [-0.4, -0.2) is 19.5 Å². The molecule has 0 unspecified atom stereocenters. The molecule has 0 saturated heterocycles. The summed E-state index contributed by atoms with van der Waals surface area (Å²) in [5, 5.41) is 12.7. The third-order valence-electron chi connectivity index (χ3n) is 5.26. The van der Waals surface area contributed by atoms with Crippen LogP contribution < -0.4 is 16.6 Å². The number of anilines is 2. The van der Waals surface area contributed by atoms with Gasteiger partial charge in [-0.05, 0) is 37.1 Å². The van der Waals surface area contributed by atoms with Crippen LogP contribution in [0.5, 0.6) is 0 Å². The number of hydrogen-bond donors (Lipinski definition) is 2. The number of benzene rings is 2. The molecule has 2 aromatic heterocycles. The van der Waals surface area contributed by atoms with E-state index in [-0.39, 0.29) is 34.0 Å². The van der Waals surface area contributed by atoms with Crippen molar-refractivity contribution in [3.63, 3.8) is 0 Å². The lowest BCUT2D eigenvalue weighted by Crippen LogP contribution is -2.29. The Morgan fingerprint density at radius 1 is 1.21 bits per heavy atom. The summed E-state index contributed by atoms with van der Waals surface area (Å²) in [4.78, 5) is 26.1. The van der Waals surface area contributed by atoms with E-state index in [1.54, 1.807) is 32.0 Å². The lowest BCUT2D eigenvalue weighted by molar-refractivity contribution is 0.578. The van der Waals surface area contributed by atoms with Crippen LogP contribution in [0.4, 0.5) is 20.5 Å². The fourth-order valence-electron chi connectivity index (χ4n) is 3.73. The zero-order valence-electron chi connectivity index (χ0n) is 18.1. The van der Waals surface area contributed by atoms with Gasteiger partial charge in [0.25, 0.3) is 5.56 Å². The monoisotopic (exact) mass is 481 g/mol. The molecule has 172 valence electrons. The van der Waals surface area contributed by atoms with E-state index in [4.69, 9.17) is 17.3 Å². The van der Waals surface area contributed by atoms with Crippen LogP contribution in [-0.2, 0) is 0 Å². The molecule has 0 bridgehead atoms. The van der Waals surface area contributed by atoms with E-state index in [1.807, 2.05) is 6.07 Å². The number of hydrogen-bond acceptors (Lipinski definition) is 7. The van der Waals surface area contributed by atoms with Gasteiger partial charge < -0.3 is 11.1 Å². The Morgan fingerprint density at radius 2 is 1.91 bits per heavy atom. The zero-order chi connectivity index (χ0) is 24.6. The van der Waals surface area contributed by atoms with Gasteiger partial charge in [0.15, 0.2) is 11.0 Å². The number of nitrogens with one attached hydrogen (secondary N) is 1. The second-order valence-electron chi connectivity index (χ2n) is 7.52. The summed E-state index contributed by atoms with van der Waals surface area (Å²) >= 11 is 6.04. The minimum atomic E-state index is -0.846. The Hall–Kier alpha value is -4.10. The van der Waals surface area contributed by atoms with Crippen LogP contribution in [0.1, 0.15) is 36.3 Å². The molecule has 3 N–H and O–H groups in total. The predicted molar refractivity (Wildman–Crippen MR) is 125 cm³/mol. The normalized spacial score (nSPS) is 11.9. The number of halogens is 3. The average Bonchev–Trinajstić information content (AvgIpc) is 2.76. The Balaban J connectivity index is 2.01. The lowest BCUT2D eigenvalue weighted by atomic mass is 10.1. The minimum absolute atomic E-state index is 0.0313. The standard InChI is InChI=1S/C23H18ClF2N7O/c1-3-16(29-20-15(10-27)19(24)31-23(28)32-20)21-30-17-6-4-5-11(2)18(17)22(34)33(21)14-8-12(25)7-13(26)9-14/h4-9,16H,3H2,1-2H3,(H3,28,29,31,32)/t16-/m0/s1. The minimum Gasteiger partial charge on any atom is -0.368 e. The maximum absolute atomic E-state index is 14.1. The first-order valence-electron chi connectivity index (χ1n) is 10.2. The molecular formula is C23H18ClF2N7O. The fraction of sp³-hybridized carbons (Fsp3) is 0.174.